The maximum absolute atomic E-state index is 12.0. The average Bonchev–Trinajstić information content (AvgIpc) is 3.44. The summed E-state index contributed by atoms with van der Waals surface area (Å²) in [5.41, 5.74) is 0. The van der Waals surface area contributed by atoms with Crippen LogP contribution in [0.3, 0.4) is 0 Å². The lowest BCUT2D eigenvalue weighted by Gasteiger charge is -2.16. The standard InChI is InChI=1S/C27H51N4O6PS/c1-2-37-38(35,36)20-14-7-5-3-4-6-9-16-24(32)28-18-12-8-13-19-29-25(33)17-11-10-15-23-26-22(21-39-23)30-27(34)31-26/h22-23,26H,2-21H2,1H3,(H,28,32)(H,29,33)(H,35,36)(H2,30,31,34). The van der Waals surface area contributed by atoms with Crippen LogP contribution < -0.4 is 21.3 Å². The molecule has 10 nitrogen and oxygen atoms in total. The number of thioether (sulfide) groups is 1. The predicted octanol–water partition coefficient (Wildman–Crippen LogP) is 4.46. The molecule has 2 saturated heterocycles. The minimum Gasteiger partial charge on any atom is -0.356 e. The highest BCUT2D eigenvalue weighted by molar-refractivity contribution is 8.00. The predicted molar refractivity (Wildman–Crippen MR) is 157 cm³/mol. The highest BCUT2D eigenvalue weighted by atomic mass is 32.2. The Balaban J connectivity index is 1.30. The highest BCUT2D eigenvalue weighted by Gasteiger charge is 2.42. The summed E-state index contributed by atoms with van der Waals surface area (Å²) in [7, 11) is -3.37. The number of unbranched alkanes of at least 4 members (excludes halogenated alkanes) is 9. The van der Waals surface area contributed by atoms with Gasteiger partial charge in [-0.1, -0.05) is 38.5 Å². The van der Waals surface area contributed by atoms with Gasteiger partial charge < -0.3 is 30.7 Å². The van der Waals surface area contributed by atoms with Crippen molar-refractivity contribution >= 4 is 37.2 Å². The summed E-state index contributed by atoms with van der Waals surface area (Å²) in [5, 5.41) is 12.4. The molecule has 0 aromatic heterocycles. The number of hydrogen-bond acceptors (Lipinski definition) is 6. The van der Waals surface area contributed by atoms with Gasteiger partial charge in [0.05, 0.1) is 18.7 Å². The summed E-state index contributed by atoms with van der Waals surface area (Å²) >= 11 is 1.91. The summed E-state index contributed by atoms with van der Waals surface area (Å²) in [6.07, 6.45) is 13.8. The zero-order valence-corrected chi connectivity index (χ0v) is 25.4. The molecule has 4 amide bonds. The Morgan fingerprint density at radius 1 is 0.897 bits per heavy atom. The van der Waals surface area contributed by atoms with E-state index in [9.17, 15) is 23.8 Å². The van der Waals surface area contributed by atoms with Gasteiger partial charge >= 0.3 is 13.6 Å². The molecule has 12 heteroatoms. The van der Waals surface area contributed by atoms with E-state index in [0.717, 1.165) is 82.8 Å². The molecule has 0 spiro atoms. The van der Waals surface area contributed by atoms with Gasteiger partial charge in [0.1, 0.15) is 0 Å². The van der Waals surface area contributed by atoms with Gasteiger partial charge in [0.15, 0.2) is 0 Å². The lowest BCUT2D eigenvalue weighted by atomic mass is 10.0. The van der Waals surface area contributed by atoms with Crippen LogP contribution in [0.15, 0.2) is 0 Å². The monoisotopic (exact) mass is 590 g/mol. The first-order valence-corrected chi connectivity index (χ1v) is 17.8. The molecule has 0 bridgehead atoms. The SMILES string of the molecule is CCOP(=O)(O)CCCCCCCCCC(=O)NCCCCCNC(=O)CCCCC1SCC2NC(=O)NC21. The van der Waals surface area contributed by atoms with Crippen molar-refractivity contribution in [3.05, 3.63) is 0 Å². The van der Waals surface area contributed by atoms with E-state index in [0.29, 0.717) is 37.6 Å². The minimum atomic E-state index is -3.37. The van der Waals surface area contributed by atoms with Gasteiger partial charge in [-0.2, -0.15) is 11.8 Å². The first-order chi connectivity index (χ1) is 18.8. The van der Waals surface area contributed by atoms with E-state index >= 15 is 0 Å². The molecule has 2 heterocycles. The maximum Gasteiger partial charge on any atom is 0.328 e. The largest absolute Gasteiger partial charge is 0.356 e. The molecule has 0 saturated carbocycles. The molecule has 2 fully saturated rings. The van der Waals surface area contributed by atoms with E-state index in [1.54, 1.807) is 6.92 Å². The number of fused-ring (bicyclic) bond motifs is 1. The van der Waals surface area contributed by atoms with E-state index in [4.69, 9.17) is 4.52 Å². The molecule has 2 aliphatic rings. The molecule has 0 radical (unpaired) electrons. The summed E-state index contributed by atoms with van der Waals surface area (Å²) in [6.45, 7) is 3.35. The Labute approximate surface area is 238 Å². The molecule has 2 rings (SSSR count). The normalized spacial score (nSPS) is 21.6. The summed E-state index contributed by atoms with van der Waals surface area (Å²) in [4.78, 5) is 45.0. The molecule has 0 aromatic carbocycles. The topological polar surface area (TPSA) is 146 Å². The lowest BCUT2D eigenvalue weighted by molar-refractivity contribution is -0.121. The van der Waals surface area contributed by atoms with Crippen molar-refractivity contribution in [3.8, 4) is 0 Å². The van der Waals surface area contributed by atoms with E-state index in [2.05, 4.69) is 21.3 Å². The number of hydrogen-bond donors (Lipinski definition) is 5. The third-order valence-electron chi connectivity index (χ3n) is 7.25. The molecule has 0 aromatic rings. The number of carbonyl (C=O) groups excluding carboxylic acids is 3. The van der Waals surface area contributed by atoms with Crippen LogP contribution in [-0.4, -0.2) is 71.7 Å². The maximum atomic E-state index is 12.0. The summed E-state index contributed by atoms with van der Waals surface area (Å²) in [6, 6.07) is 0.435. The third kappa shape index (κ3) is 15.3. The zero-order chi connectivity index (χ0) is 28.3. The molecule has 0 aliphatic carbocycles. The Morgan fingerprint density at radius 2 is 1.46 bits per heavy atom. The van der Waals surface area contributed by atoms with E-state index in [1.807, 2.05) is 11.8 Å². The van der Waals surface area contributed by atoms with Gasteiger partial charge in [0, 0.05) is 43.1 Å². The van der Waals surface area contributed by atoms with Crippen LogP contribution in [0.5, 0.6) is 0 Å². The van der Waals surface area contributed by atoms with Crippen molar-refractivity contribution in [3.63, 3.8) is 0 Å². The van der Waals surface area contributed by atoms with Crippen LogP contribution in [0.25, 0.3) is 0 Å². The van der Waals surface area contributed by atoms with Gasteiger partial charge in [-0.3, -0.25) is 14.2 Å². The van der Waals surface area contributed by atoms with Gasteiger partial charge in [-0.15, -0.1) is 0 Å². The van der Waals surface area contributed by atoms with Crippen molar-refractivity contribution in [2.75, 3.05) is 31.6 Å². The van der Waals surface area contributed by atoms with Crippen molar-refractivity contribution in [2.24, 2.45) is 0 Å². The average molecular weight is 591 g/mol. The second-order valence-corrected chi connectivity index (χ2v) is 13.9. The molecular formula is C27H51N4O6PS. The fraction of sp³-hybridized carbons (Fsp3) is 0.889. The number of carbonyl (C=O) groups is 3. The Morgan fingerprint density at radius 3 is 2.10 bits per heavy atom. The van der Waals surface area contributed by atoms with Crippen molar-refractivity contribution in [1.82, 2.24) is 21.3 Å². The van der Waals surface area contributed by atoms with Crippen LogP contribution in [0.2, 0.25) is 0 Å². The second-order valence-electron chi connectivity index (χ2n) is 10.6. The Bertz CT molecular complexity index is 789. The van der Waals surface area contributed by atoms with Crippen molar-refractivity contribution < 1.29 is 28.4 Å². The second kappa shape index (κ2) is 19.7. The minimum absolute atomic E-state index is 0.0541. The van der Waals surface area contributed by atoms with Crippen LogP contribution >= 0.6 is 19.4 Å². The fourth-order valence-electron chi connectivity index (χ4n) is 5.08. The summed E-state index contributed by atoms with van der Waals surface area (Å²) in [5.74, 6) is 1.18. The third-order valence-corrected chi connectivity index (χ3v) is 10.3. The van der Waals surface area contributed by atoms with Gasteiger partial charge in [0.25, 0.3) is 0 Å². The fourth-order valence-corrected chi connectivity index (χ4v) is 7.78. The molecule has 5 N–H and O–H groups in total. The molecular weight excluding hydrogens is 539 g/mol. The summed E-state index contributed by atoms with van der Waals surface area (Å²) < 4.78 is 16.4. The highest BCUT2D eigenvalue weighted by Crippen LogP contribution is 2.42. The number of amides is 4. The molecule has 4 atom stereocenters. The van der Waals surface area contributed by atoms with E-state index < -0.39 is 7.60 Å². The number of urea groups is 1. The van der Waals surface area contributed by atoms with Crippen molar-refractivity contribution in [1.29, 1.82) is 0 Å². The zero-order valence-electron chi connectivity index (χ0n) is 23.7. The Kier molecular flexibility index (Phi) is 17.2. The first-order valence-electron chi connectivity index (χ1n) is 15.0. The van der Waals surface area contributed by atoms with Crippen LogP contribution in [0.1, 0.15) is 103 Å². The quantitative estimate of drug-likeness (QED) is 0.0671. The smallest absolute Gasteiger partial charge is 0.328 e. The molecule has 226 valence electrons. The van der Waals surface area contributed by atoms with Gasteiger partial charge in [0.2, 0.25) is 11.8 Å². The molecule has 39 heavy (non-hydrogen) atoms. The number of rotatable bonds is 23. The van der Waals surface area contributed by atoms with Crippen LogP contribution in [-0.2, 0) is 18.7 Å². The van der Waals surface area contributed by atoms with Crippen LogP contribution in [0.4, 0.5) is 4.79 Å². The van der Waals surface area contributed by atoms with Crippen molar-refractivity contribution in [2.45, 2.75) is 121 Å². The molecule has 4 unspecified atom stereocenters. The van der Waals surface area contributed by atoms with E-state index in [-0.39, 0.29) is 42.7 Å². The Hall–Kier alpha value is -1.29. The lowest BCUT2D eigenvalue weighted by Crippen LogP contribution is -2.36. The van der Waals surface area contributed by atoms with Gasteiger partial charge in [-0.05, 0) is 51.9 Å². The van der Waals surface area contributed by atoms with Gasteiger partial charge in [-0.25, -0.2) is 4.79 Å². The van der Waals surface area contributed by atoms with Crippen LogP contribution in [0, 0.1) is 0 Å². The first kappa shape index (κ1) is 33.9. The molecule has 2 aliphatic heterocycles. The van der Waals surface area contributed by atoms with E-state index in [1.165, 1.54) is 0 Å². The number of nitrogens with one attached hydrogen (secondary N) is 4.